The zero-order valence-corrected chi connectivity index (χ0v) is 17.7. The summed E-state index contributed by atoms with van der Waals surface area (Å²) in [5.74, 6) is 1.49. The lowest BCUT2D eigenvalue weighted by Crippen LogP contribution is -2.31. The molecule has 0 bridgehead atoms. The van der Waals surface area contributed by atoms with Crippen LogP contribution in [0.2, 0.25) is 0 Å². The summed E-state index contributed by atoms with van der Waals surface area (Å²) in [6.07, 6.45) is 2.74. The van der Waals surface area contributed by atoms with Crippen LogP contribution in [0.3, 0.4) is 0 Å². The number of nitrogens with zero attached hydrogens (tertiary/aromatic N) is 1. The highest BCUT2D eigenvalue weighted by Gasteiger charge is 2.32. The summed E-state index contributed by atoms with van der Waals surface area (Å²) >= 11 is 1.52. The number of rotatable bonds is 2. The summed E-state index contributed by atoms with van der Waals surface area (Å²) in [7, 11) is 0. The molecular weight excluding hydrogens is 400 g/mol. The first-order valence-corrected chi connectivity index (χ1v) is 11.3. The number of benzene rings is 2. The summed E-state index contributed by atoms with van der Waals surface area (Å²) in [6.45, 7) is 3.90. The molecule has 2 amide bonds. The van der Waals surface area contributed by atoms with Gasteiger partial charge in [-0.25, -0.2) is 0 Å². The van der Waals surface area contributed by atoms with Crippen LogP contribution in [0.5, 0.6) is 11.5 Å². The van der Waals surface area contributed by atoms with Crippen LogP contribution in [0.1, 0.15) is 48.1 Å². The SMILES string of the molecule is CC1Sc2ccc(C(=O)N3CCCC3c3ccc4c(c3)OCCCO4)cc2NC1=O. The fraction of sp³-hybridized carbons (Fsp3) is 0.391. The molecule has 0 radical (unpaired) electrons. The van der Waals surface area contributed by atoms with Crippen molar-refractivity contribution >= 4 is 29.3 Å². The second-order valence-electron chi connectivity index (χ2n) is 7.87. The Kier molecular flexibility index (Phi) is 5.06. The van der Waals surface area contributed by atoms with Crippen LogP contribution in [0.25, 0.3) is 0 Å². The lowest BCUT2D eigenvalue weighted by molar-refractivity contribution is -0.115. The number of hydrogen-bond acceptors (Lipinski definition) is 5. The molecule has 0 aromatic heterocycles. The van der Waals surface area contributed by atoms with Crippen molar-refractivity contribution in [1.82, 2.24) is 4.90 Å². The van der Waals surface area contributed by atoms with Crippen molar-refractivity contribution in [2.75, 3.05) is 25.1 Å². The van der Waals surface area contributed by atoms with Crippen molar-refractivity contribution < 1.29 is 19.1 Å². The molecule has 30 heavy (non-hydrogen) atoms. The van der Waals surface area contributed by atoms with Crippen molar-refractivity contribution in [2.24, 2.45) is 0 Å². The number of likely N-dealkylation sites (tertiary alicyclic amines) is 1. The second-order valence-corrected chi connectivity index (χ2v) is 9.26. The van der Waals surface area contributed by atoms with Gasteiger partial charge >= 0.3 is 0 Å². The molecule has 0 aliphatic carbocycles. The van der Waals surface area contributed by atoms with Crippen LogP contribution in [0.15, 0.2) is 41.3 Å². The Balaban J connectivity index is 1.40. The molecule has 2 aromatic carbocycles. The van der Waals surface area contributed by atoms with Crippen LogP contribution >= 0.6 is 11.8 Å². The van der Waals surface area contributed by atoms with Gasteiger partial charge in [-0.2, -0.15) is 0 Å². The van der Waals surface area contributed by atoms with Gasteiger partial charge in [0, 0.05) is 23.4 Å². The molecule has 5 rings (SSSR count). The molecule has 0 saturated carbocycles. The summed E-state index contributed by atoms with van der Waals surface area (Å²) in [5, 5.41) is 2.79. The predicted octanol–water partition coefficient (Wildman–Crippen LogP) is 4.26. The number of ether oxygens (including phenoxy) is 2. The van der Waals surface area contributed by atoms with Crippen molar-refractivity contribution in [2.45, 2.75) is 42.4 Å². The van der Waals surface area contributed by atoms with Gasteiger partial charge in [0.15, 0.2) is 11.5 Å². The molecule has 6 nitrogen and oxygen atoms in total. The van der Waals surface area contributed by atoms with Gasteiger partial charge < -0.3 is 19.7 Å². The lowest BCUT2D eigenvalue weighted by Gasteiger charge is -2.27. The van der Waals surface area contributed by atoms with Gasteiger partial charge in [-0.15, -0.1) is 11.8 Å². The Morgan fingerprint density at radius 2 is 1.93 bits per heavy atom. The maximum atomic E-state index is 13.4. The van der Waals surface area contributed by atoms with Crippen LogP contribution in [0.4, 0.5) is 5.69 Å². The van der Waals surface area contributed by atoms with E-state index in [0.29, 0.717) is 25.3 Å². The number of amides is 2. The number of hydrogen-bond donors (Lipinski definition) is 1. The van der Waals surface area contributed by atoms with E-state index in [1.807, 2.05) is 42.2 Å². The molecule has 3 aliphatic heterocycles. The monoisotopic (exact) mass is 424 g/mol. The Bertz CT molecular complexity index is 1010. The minimum atomic E-state index is -0.124. The molecule has 2 aromatic rings. The maximum absolute atomic E-state index is 13.4. The van der Waals surface area contributed by atoms with Crippen LogP contribution < -0.4 is 14.8 Å². The second kappa shape index (κ2) is 7.87. The third-order valence-corrected chi connectivity index (χ3v) is 7.00. The first-order valence-electron chi connectivity index (χ1n) is 10.4. The van der Waals surface area contributed by atoms with Crippen molar-refractivity contribution in [3.05, 3.63) is 47.5 Å². The van der Waals surface area contributed by atoms with Crippen LogP contribution in [-0.2, 0) is 4.79 Å². The standard InChI is InChI=1S/C23H24N2O4S/c1-14-22(26)24-17-12-16(6-8-21(17)30-14)23(27)25-9-2-4-18(25)15-5-7-19-20(13-15)29-11-3-10-28-19/h5-8,12-14,18H,2-4,9-11H2,1H3,(H,24,26). The molecular formula is C23H24N2O4S. The van der Waals surface area contributed by atoms with Crippen molar-refractivity contribution in [1.29, 1.82) is 0 Å². The molecule has 1 fully saturated rings. The maximum Gasteiger partial charge on any atom is 0.254 e. The first-order chi connectivity index (χ1) is 14.6. The van der Waals surface area contributed by atoms with Gasteiger partial charge in [-0.1, -0.05) is 6.07 Å². The average molecular weight is 425 g/mol. The highest BCUT2D eigenvalue weighted by Crippen LogP contribution is 2.40. The Morgan fingerprint density at radius 1 is 1.10 bits per heavy atom. The van der Waals surface area contributed by atoms with E-state index in [-0.39, 0.29) is 23.1 Å². The average Bonchev–Trinajstić information content (AvgIpc) is 3.12. The van der Waals surface area contributed by atoms with Crippen LogP contribution in [0, 0.1) is 0 Å². The lowest BCUT2D eigenvalue weighted by atomic mass is 10.0. The molecule has 2 unspecified atom stereocenters. The summed E-state index contributed by atoms with van der Waals surface area (Å²) < 4.78 is 11.6. The molecule has 1 N–H and O–H groups in total. The highest BCUT2D eigenvalue weighted by molar-refractivity contribution is 8.00. The van der Waals surface area contributed by atoms with E-state index >= 15 is 0 Å². The quantitative estimate of drug-likeness (QED) is 0.780. The number of anilines is 1. The van der Waals surface area contributed by atoms with Crippen LogP contribution in [-0.4, -0.2) is 41.7 Å². The first kappa shape index (κ1) is 19.3. The highest BCUT2D eigenvalue weighted by atomic mass is 32.2. The largest absolute Gasteiger partial charge is 0.490 e. The van der Waals surface area contributed by atoms with Gasteiger partial charge in [0.1, 0.15) is 0 Å². The normalized spacial score (nSPS) is 22.8. The van der Waals surface area contributed by atoms with Gasteiger partial charge in [-0.3, -0.25) is 9.59 Å². The summed E-state index contributed by atoms with van der Waals surface area (Å²) in [4.78, 5) is 28.3. The number of carbonyl (C=O) groups excluding carboxylic acids is 2. The fourth-order valence-corrected chi connectivity index (χ4v) is 5.18. The summed E-state index contributed by atoms with van der Waals surface area (Å²) in [6, 6.07) is 11.6. The third-order valence-electron chi connectivity index (χ3n) is 5.83. The predicted molar refractivity (Wildman–Crippen MR) is 115 cm³/mol. The van der Waals surface area contributed by atoms with E-state index in [1.165, 1.54) is 11.8 Å². The number of thioether (sulfide) groups is 1. The van der Waals surface area contributed by atoms with E-state index in [1.54, 1.807) is 6.07 Å². The van der Waals surface area contributed by atoms with E-state index in [0.717, 1.165) is 46.9 Å². The molecule has 2 atom stereocenters. The Hall–Kier alpha value is -2.67. The summed E-state index contributed by atoms with van der Waals surface area (Å²) in [5.41, 5.74) is 2.39. The number of nitrogens with one attached hydrogen (secondary N) is 1. The molecule has 156 valence electrons. The molecule has 3 aliphatic rings. The van der Waals surface area contributed by atoms with E-state index in [4.69, 9.17) is 9.47 Å². The third kappa shape index (κ3) is 3.51. The van der Waals surface area contributed by atoms with E-state index in [9.17, 15) is 9.59 Å². The van der Waals surface area contributed by atoms with Gasteiger partial charge in [0.25, 0.3) is 5.91 Å². The zero-order chi connectivity index (χ0) is 20.7. The van der Waals surface area contributed by atoms with Gasteiger partial charge in [0.2, 0.25) is 5.91 Å². The molecule has 1 saturated heterocycles. The van der Waals surface area contributed by atoms with Crippen molar-refractivity contribution in [3.8, 4) is 11.5 Å². The van der Waals surface area contributed by atoms with Gasteiger partial charge in [-0.05, 0) is 55.7 Å². The topological polar surface area (TPSA) is 67.9 Å². The van der Waals surface area contributed by atoms with E-state index < -0.39 is 0 Å². The Morgan fingerprint density at radius 3 is 2.80 bits per heavy atom. The molecule has 0 spiro atoms. The fourth-order valence-electron chi connectivity index (χ4n) is 4.25. The zero-order valence-electron chi connectivity index (χ0n) is 16.8. The smallest absolute Gasteiger partial charge is 0.254 e. The molecule has 7 heteroatoms. The van der Waals surface area contributed by atoms with Crippen molar-refractivity contribution in [3.63, 3.8) is 0 Å². The van der Waals surface area contributed by atoms with E-state index in [2.05, 4.69) is 5.32 Å². The minimum absolute atomic E-state index is 0.00896. The molecule has 3 heterocycles. The Labute approximate surface area is 179 Å². The minimum Gasteiger partial charge on any atom is -0.490 e. The number of carbonyl (C=O) groups is 2. The van der Waals surface area contributed by atoms with Gasteiger partial charge in [0.05, 0.1) is 30.2 Å². The number of fused-ring (bicyclic) bond motifs is 2.